The average molecular weight is 322 g/mol. The summed E-state index contributed by atoms with van der Waals surface area (Å²) < 4.78 is 5.98. The maximum atomic E-state index is 11.3. The molecule has 0 aromatic heterocycles. The number of piperidine rings is 1. The number of rotatable bonds is 4. The van der Waals surface area contributed by atoms with Gasteiger partial charge in [-0.1, -0.05) is 12.8 Å². The predicted molar refractivity (Wildman–Crippen MR) is 90.4 cm³/mol. The molecule has 0 bridgehead atoms. The summed E-state index contributed by atoms with van der Waals surface area (Å²) in [6, 6.07) is 0.715. The van der Waals surface area contributed by atoms with E-state index in [0.717, 1.165) is 25.4 Å². The molecule has 1 heterocycles. The minimum atomic E-state index is 0.148. The van der Waals surface area contributed by atoms with Gasteiger partial charge in [0, 0.05) is 44.1 Å². The fourth-order valence-corrected chi connectivity index (χ4v) is 4.47. The van der Waals surface area contributed by atoms with Gasteiger partial charge in [0.05, 0.1) is 6.10 Å². The Hall–Kier alpha value is -1.30. The molecule has 1 saturated heterocycles. The minimum Gasteiger partial charge on any atom is -0.378 e. The van der Waals surface area contributed by atoms with Crippen molar-refractivity contribution in [3.63, 3.8) is 0 Å². The van der Waals surface area contributed by atoms with Crippen molar-refractivity contribution in [3.8, 4) is 0 Å². The van der Waals surface area contributed by atoms with E-state index in [2.05, 4.69) is 27.9 Å². The van der Waals surface area contributed by atoms with Gasteiger partial charge in [-0.2, -0.15) is 0 Å². The average Bonchev–Trinajstić information content (AvgIpc) is 3.07. The molecule has 6 heteroatoms. The minimum absolute atomic E-state index is 0.148. The third-order valence-electron chi connectivity index (χ3n) is 5.83. The van der Waals surface area contributed by atoms with E-state index in [1.807, 2.05) is 7.05 Å². The first-order chi connectivity index (χ1) is 11.2. The molecule has 3 fully saturated rings. The van der Waals surface area contributed by atoms with Crippen LogP contribution in [0.15, 0.2) is 4.99 Å². The highest BCUT2D eigenvalue weighted by molar-refractivity contribution is 5.81. The monoisotopic (exact) mass is 322 g/mol. The summed E-state index contributed by atoms with van der Waals surface area (Å²) in [7, 11) is 1.82. The fourth-order valence-electron chi connectivity index (χ4n) is 4.47. The van der Waals surface area contributed by atoms with Gasteiger partial charge in [-0.3, -0.25) is 9.79 Å². The molecule has 2 aliphatic carbocycles. The standard InChI is InChI=1S/C17H30N4O2/c1-3-23-14-10-13(17(14)8-4-5-9-17)21-16(18-2)20-12-6-7-15(22)19-11-12/h12-14H,3-11H2,1-2H3,(H,19,22)(H2,18,20,21). The van der Waals surface area contributed by atoms with Crippen molar-refractivity contribution in [2.24, 2.45) is 10.4 Å². The summed E-state index contributed by atoms with van der Waals surface area (Å²) in [6.45, 7) is 3.56. The van der Waals surface area contributed by atoms with Gasteiger partial charge >= 0.3 is 0 Å². The van der Waals surface area contributed by atoms with Gasteiger partial charge in [0.2, 0.25) is 5.91 Å². The van der Waals surface area contributed by atoms with E-state index in [0.29, 0.717) is 30.5 Å². The lowest BCUT2D eigenvalue weighted by Crippen LogP contribution is -2.66. The van der Waals surface area contributed by atoms with Crippen LogP contribution in [0.4, 0.5) is 0 Å². The topological polar surface area (TPSA) is 74.8 Å². The molecule has 130 valence electrons. The van der Waals surface area contributed by atoms with Crippen LogP contribution in [0.1, 0.15) is 51.9 Å². The number of hydrogen-bond donors (Lipinski definition) is 3. The summed E-state index contributed by atoms with van der Waals surface area (Å²) in [6.07, 6.45) is 8.05. The molecule has 23 heavy (non-hydrogen) atoms. The van der Waals surface area contributed by atoms with Crippen molar-refractivity contribution >= 4 is 11.9 Å². The lowest BCUT2D eigenvalue weighted by atomic mass is 9.60. The summed E-state index contributed by atoms with van der Waals surface area (Å²) in [5, 5.41) is 10.0. The molecule has 3 unspecified atom stereocenters. The Labute approximate surface area is 138 Å². The Bertz CT molecular complexity index is 450. The SMILES string of the molecule is CCOC1CC(NC(=NC)NC2CCC(=O)NC2)C12CCCC2. The Morgan fingerprint density at radius 3 is 2.78 bits per heavy atom. The van der Waals surface area contributed by atoms with Crippen LogP contribution in [0.2, 0.25) is 0 Å². The Morgan fingerprint density at radius 1 is 1.39 bits per heavy atom. The Kier molecular flexibility index (Phi) is 5.09. The summed E-state index contributed by atoms with van der Waals surface area (Å²) in [4.78, 5) is 15.7. The van der Waals surface area contributed by atoms with E-state index in [-0.39, 0.29) is 11.9 Å². The predicted octanol–water partition coefficient (Wildman–Crippen LogP) is 1.17. The zero-order valence-electron chi connectivity index (χ0n) is 14.4. The molecular weight excluding hydrogens is 292 g/mol. The highest BCUT2D eigenvalue weighted by atomic mass is 16.5. The number of nitrogens with zero attached hydrogens (tertiary/aromatic N) is 1. The Balaban J connectivity index is 1.56. The van der Waals surface area contributed by atoms with E-state index in [1.54, 1.807) is 0 Å². The molecule has 0 radical (unpaired) electrons. The first-order valence-electron chi connectivity index (χ1n) is 9.06. The molecule has 2 saturated carbocycles. The first kappa shape index (κ1) is 16.6. The summed E-state index contributed by atoms with van der Waals surface area (Å²) in [5.74, 6) is 1.01. The van der Waals surface area contributed by atoms with Crippen LogP contribution in [0, 0.1) is 5.41 Å². The van der Waals surface area contributed by atoms with E-state index in [1.165, 1.54) is 25.7 Å². The maximum Gasteiger partial charge on any atom is 0.220 e. The normalized spacial score (nSPS) is 33.2. The van der Waals surface area contributed by atoms with E-state index < -0.39 is 0 Å². The molecule has 1 aliphatic heterocycles. The second kappa shape index (κ2) is 7.07. The second-order valence-corrected chi connectivity index (χ2v) is 7.07. The number of hydrogen-bond acceptors (Lipinski definition) is 3. The van der Waals surface area contributed by atoms with Crippen molar-refractivity contribution in [1.29, 1.82) is 0 Å². The van der Waals surface area contributed by atoms with Gasteiger partial charge in [0.1, 0.15) is 0 Å². The van der Waals surface area contributed by atoms with E-state index >= 15 is 0 Å². The number of carbonyl (C=O) groups is 1. The van der Waals surface area contributed by atoms with Crippen molar-refractivity contribution in [2.75, 3.05) is 20.2 Å². The highest BCUT2D eigenvalue weighted by Gasteiger charge is 2.57. The van der Waals surface area contributed by atoms with Gasteiger partial charge in [0.15, 0.2) is 5.96 Å². The van der Waals surface area contributed by atoms with Crippen LogP contribution in [0.25, 0.3) is 0 Å². The van der Waals surface area contributed by atoms with Gasteiger partial charge < -0.3 is 20.7 Å². The van der Waals surface area contributed by atoms with Crippen LogP contribution in [-0.4, -0.2) is 50.3 Å². The van der Waals surface area contributed by atoms with Crippen LogP contribution >= 0.6 is 0 Å². The molecule has 3 rings (SSSR count). The van der Waals surface area contributed by atoms with Gasteiger partial charge in [-0.25, -0.2) is 0 Å². The van der Waals surface area contributed by atoms with Gasteiger partial charge in [-0.05, 0) is 32.6 Å². The van der Waals surface area contributed by atoms with Gasteiger partial charge in [-0.15, -0.1) is 0 Å². The van der Waals surface area contributed by atoms with Crippen molar-refractivity contribution in [3.05, 3.63) is 0 Å². The molecule has 1 spiro atoms. The van der Waals surface area contributed by atoms with E-state index in [9.17, 15) is 4.79 Å². The Morgan fingerprint density at radius 2 is 2.17 bits per heavy atom. The molecule has 3 atom stereocenters. The zero-order valence-corrected chi connectivity index (χ0v) is 14.4. The lowest BCUT2D eigenvalue weighted by Gasteiger charge is -2.54. The summed E-state index contributed by atoms with van der Waals surface area (Å²) in [5.41, 5.74) is 0.300. The van der Waals surface area contributed by atoms with E-state index in [4.69, 9.17) is 4.74 Å². The number of aliphatic imine (C=N–C) groups is 1. The molecule has 0 aromatic rings. The zero-order chi connectivity index (χ0) is 16.3. The molecule has 3 N–H and O–H groups in total. The fraction of sp³-hybridized carbons (Fsp3) is 0.882. The first-order valence-corrected chi connectivity index (χ1v) is 9.06. The maximum absolute atomic E-state index is 11.3. The third-order valence-corrected chi connectivity index (χ3v) is 5.83. The van der Waals surface area contributed by atoms with Crippen LogP contribution in [0.3, 0.4) is 0 Å². The van der Waals surface area contributed by atoms with Crippen LogP contribution in [0.5, 0.6) is 0 Å². The molecule has 6 nitrogen and oxygen atoms in total. The molecule has 1 amide bonds. The van der Waals surface area contributed by atoms with Crippen LogP contribution < -0.4 is 16.0 Å². The van der Waals surface area contributed by atoms with Crippen molar-refractivity contribution in [1.82, 2.24) is 16.0 Å². The number of nitrogens with one attached hydrogen (secondary N) is 3. The smallest absolute Gasteiger partial charge is 0.220 e. The second-order valence-electron chi connectivity index (χ2n) is 7.07. The number of carbonyl (C=O) groups excluding carboxylic acids is 1. The van der Waals surface area contributed by atoms with Crippen molar-refractivity contribution < 1.29 is 9.53 Å². The number of guanidine groups is 1. The lowest BCUT2D eigenvalue weighted by molar-refractivity contribution is -0.126. The highest BCUT2D eigenvalue weighted by Crippen LogP contribution is 2.54. The van der Waals surface area contributed by atoms with Crippen molar-refractivity contribution in [2.45, 2.75) is 70.1 Å². The van der Waals surface area contributed by atoms with Crippen LogP contribution in [-0.2, 0) is 9.53 Å². The third kappa shape index (κ3) is 3.32. The molecule has 3 aliphatic rings. The summed E-state index contributed by atoms with van der Waals surface area (Å²) >= 11 is 0. The number of amides is 1. The van der Waals surface area contributed by atoms with Gasteiger partial charge in [0.25, 0.3) is 0 Å². The quantitative estimate of drug-likeness (QED) is 0.536. The largest absolute Gasteiger partial charge is 0.378 e. The molecule has 0 aromatic carbocycles. The number of ether oxygens (including phenoxy) is 1. The molecular formula is C17H30N4O2.